The number of carboxylic acids is 1. The maximum atomic E-state index is 12.1. The number of aryl methyl sites for hydroxylation is 2. The van der Waals surface area contributed by atoms with E-state index in [0.717, 1.165) is 0 Å². The number of aromatic nitrogens is 1. The van der Waals surface area contributed by atoms with E-state index >= 15 is 0 Å². The van der Waals surface area contributed by atoms with E-state index in [1.54, 1.807) is 13.8 Å². The van der Waals surface area contributed by atoms with Gasteiger partial charge in [0.25, 0.3) is 5.91 Å². The lowest BCUT2D eigenvalue weighted by Crippen LogP contribution is -2.41. The maximum Gasteiger partial charge on any atom is 0.326 e. The summed E-state index contributed by atoms with van der Waals surface area (Å²) in [6, 6.07) is -1.19. The molecule has 1 aromatic heterocycles. The molecule has 0 aliphatic carbocycles. The summed E-state index contributed by atoms with van der Waals surface area (Å²) in [5, 5.41) is 15.1. The summed E-state index contributed by atoms with van der Waals surface area (Å²) in [4.78, 5) is 33.8. The summed E-state index contributed by atoms with van der Waals surface area (Å²) < 4.78 is 4.92. The average Bonchev–Trinajstić information content (AvgIpc) is 2.74. The van der Waals surface area contributed by atoms with E-state index in [4.69, 9.17) is 15.4 Å². The summed E-state index contributed by atoms with van der Waals surface area (Å²) >= 11 is 0. The highest BCUT2D eigenvalue weighted by Gasteiger charge is 2.25. The summed E-state index contributed by atoms with van der Waals surface area (Å²) in [6.45, 7) is 3.37. The van der Waals surface area contributed by atoms with Gasteiger partial charge < -0.3 is 20.7 Å². The zero-order chi connectivity index (χ0) is 15.3. The summed E-state index contributed by atoms with van der Waals surface area (Å²) in [5.41, 5.74) is 5.66. The molecule has 20 heavy (non-hydrogen) atoms. The highest BCUT2D eigenvalue weighted by Crippen LogP contribution is 2.14. The van der Waals surface area contributed by atoms with Gasteiger partial charge >= 0.3 is 5.97 Å². The van der Waals surface area contributed by atoms with Gasteiger partial charge in [-0.1, -0.05) is 12.1 Å². The third-order valence-corrected chi connectivity index (χ3v) is 2.78. The first kappa shape index (κ1) is 15.7. The smallest absolute Gasteiger partial charge is 0.326 e. The van der Waals surface area contributed by atoms with E-state index in [1.807, 2.05) is 0 Å². The Hall–Kier alpha value is -2.38. The standard InChI is InChI=1S/C12H17N3O5/c1-3-7-10(6(2)20-15-7)11(17)14-8(12(18)19)4-5-9(13)16/h8H,3-5H2,1-2H3,(H2,13,16)(H,14,17)(H,18,19)/t8-/m1/s1. The SMILES string of the molecule is CCc1noc(C)c1C(=O)N[C@H](CCC(N)=O)C(=O)O. The van der Waals surface area contributed by atoms with E-state index in [1.165, 1.54) is 0 Å². The Kier molecular flexibility index (Phi) is 5.24. The van der Waals surface area contributed by atoms with Crippen LogP contribution in [0.4, 0.5) is 0 Å². The maximum absolute atomic E-state index is 12.1. The van der Waals surface area contributed by atoms with Crippen LogP contribution in [-0.4, -0.2) is 34.1 Å². The average molecular weight is 283 g/mol. The minimum Gasteiger partial charge on any atom is -0.480 e. The van der Waals surface area contributed by atoms with Crippen molar-refractivity contribution in [2.75, 3.05) is 0 Å². The number of primary amides is 1. The molecule has 0 aliphatic rings. The number of nitrogens with zero attached hydrogens (tertiary/aromatic N) is 1. The molecule has 4 N–H and O–H groups in total. The lowest BCUT2D eigenvalue weighted by Gasteiger charge is -2.13. The Morgan fingerprint density at radius 3 is 2.60 bits per heavy atom. The minimum absolute atomic E-state index is 0.0673. The van der Waals surface area contributed by atoms with Crippen molar-refractivity contribution in [3.63, 3.8) is 0 Å². The molecule has 1 atom stereocenters. The molecule has 0 aromatic carbocycles. The van der Waals surface area contributed by atoms with E-state index in [-0.39, 0.29) is 18.4 Å². The van der Waals surface area contributed by atoms with Gasteiger partial charge in [-0.2, -0.15) is 0 Å². The molecule has 110 valence electrons. The number of amides is 2. The van der Waals surface area contributed by atoms with Crippen LogP contribution in [-0.2, 0) is 16.0 Å². The van der Waals surface area contributed by atoms with E-state index in [2.05, 4.69) is 10.5 Å². The van der Waals surface area contributed by atoms with Crippen molar-refractivity contribution in [1.82, 2.24) is 10.5 Å². The molecule has 0 saturated carbocycles. The predicted octanol–water partition coefficient (Wildman–Crippen LogP) is -0.00608. The van der Waals surface area contributed by atoms with Crippen LogP contribution in [0.3, 0.4) is 0 Å². The fourth-order valence-electron chi connectivity index (χ4n) is 1.72. The van der Waals surface area contributed by atoms with E-state index < -0.39 is 23.8 Å². The van der Waals surface area contributed by atoms with Gasteiger partial charge in [-0.15, -0.1) is 0 Å². The number of nitrogens with two attached hydrogens (primary N) is 1. The van der Waals surface area contributed by atoms with Crippen molar-refractivity contribution in [1.29, 1.82) is 0 Å². The van der Waals surface area contributed by atoms with Crippen LogP contribution in [0.1, 0.15) is 41.6 Å². The Morgan fingerprint density at radius 2 is 2.10 bits per heavy atom. The van der Waals surface area contributed by atoms with Gasteiger partial charge in [0, 0.05) is 6.42 Å². The van der Waals surface area contributed by atoms with Crippen molar-refractivity contribution >= 4 is 17.8 Å². The number of carboxylic acid groups (broad SMARTS) is 1. The number of carbonyl (C=O) groups excluding carboxylic acids is 2. The monoisotopic (exact) mass is 283 g/mol. The van der Waals surface area contributed by atoms with Crippen LogP contribution < -0.4 is 11.1 Å². The quantitative estimate of drug-likeness (QED) is 0.644. The van der Waals surface area contributed by atoms with Gasteiger partial charge in [0.15, 0.2) is 0 Å². The van der Waals surface area contributed by atoms with Gasteiger partial charge in [0.05, 0.1) is 5.69 Å². The Morgan fingerprint density at radius 1 is 1.45 bits per heavy atom. The molecule has 0 bridgehead atoms. The van der Waals surface area contributed by atoms with Crippen molar-refractivity contribution in [2.45, 2.75) is 39.2 Å². The molecule has 0 aliphatic heterocycles. The summed E-state index contributed by atoms with van der Waals surface area (Å²) in [7, 11) is 0. The molecular weight excluding hydrogens is 266 g/mol. The molecule has 2 amide bonds. The number of rotatable bonds is 7. The Bertz CT molecular complexity index is 523. The normalized spacial score (nSPS) is 11.9. The van der Waals surface area contributed by atoms with Gasteiger partial charge in [-0.25, -0.2) is 4.79 Å². The van der Waals surface area contributed by atoms with Crippen LogP contribution in [0.15, 0.2) is 4.52 Å². The third-order valence-electron chi connectivity index (χ3n) is 2.78. The minimum atomic E-state index is -1.23. The second-order valence-corrected chi connectivity index (χ2v) is 4.28. The first-order valence-corrected chi connectivity index (χ1v) is 6.13. The first-order valence-electron chi connectivity index (χ1n) is 6.13. The second-order valence-electron chi connectivity index (χ2n) is 4.28. The Balaban J connectivity index is 2.82. The number of aliphatic carboxylic acids is 1. The van der Waals surface area contributed by atoms with Crippen molar-refractivity contribution in [2.24, 2.45) is 5.73 Å². The third kappa shape index (κ3) is 3.81. The largest absolute Gasteiger partial charge is 0.480 e. The van der Waals surface area contributed by atoms with Gasteiger partial charge in [-0.05, 0) is 19.8 Å². The summed E-state index contributed by atoms with van der Waals surface area (Å²) in [5.74, 6) is -2.12. The Labute approximate surface area is 115 Å². The van der Waals surface area contributed by atoms with Crippen LogP contribution in [0, 0.1) is 6.92 Å². The molecule has 8 nitrogen and oxygen atoms in total. The molecule has 1 heterocycles. The van der Waals surface area contributed by atoms with Crippen molar-refractivity contribution < 1.29 is 24.0 Å². The van der Waals surface area contributed by atoms with Crippen LogP contribution in [0.2, 0.25) is 0 Å². The number of hydrogen-bond donors (Lipinski definition) is 3. The molecule has 0 spiro atoms. The van der Waals surface area contributed by atoms with Gasteiger partial charge in [0.1, 0.15) is 17.4 Å². The molecule has 1 rings (SSSR count). The highest BCUT2D eigenvalue weighted by atomic mass is 16.5. The van der Waals surface area contributed by atoms with Crippen LogP contribution >= 0.6 is 0 Å². The lowest BCUT2D eigenvalue weighted by atomic mass is 10.1. The molecule has 0 unspecified atom stereocenters. The summed E-state index contributed by atoms with van der Waals surface area (Å²) in [6.07, 6.45) is 0.293. The highest BCUT2D eigenvalue weighted by molar-refractivity contribution is 5.98. The fraction of sp³-hybridized carbons (Fsp3) is 0.500. The van der Waals surface area contributed by atoms with E-state index in [0.29, 0.717) is 17.9 Å². The predicted molar refractivity (Wildman–Crippen MR) is 67.9 cm³/mol. The first-order chi connectivity index (χ1) is 9.36. The van der Waals surface area contributed by atoms with Crippen molar-refractivity contribution in [3.05, 3.63) is 17.0 Å². The molecule has 1 aromatic rings. The van der Waals surface area contributed by atoms with Crippen molar-refractivity contribution in [3.8, 4) is 0 Å². The van der Waals surface area contributed by atoms with E-state index in [9.17, 15) is 14.4 Å². The fourth-order valence-corrected chi connectivity index (χ4v) is 1.72. The zero-order valence-electron chi connectivity index (χ0n) is 11.3. The zero-order valence-corrected chi connectivity index (χ0v) is 11.3. The second kappa shape index (κ2) is 6.69. The molecule has 8 heteroatoms. The molecule has 0 saturated heterocycles. The number of nitrogens with one attached hydrogen (secondary N) is 1. The number of hydrogen-bond acceptors (Lipinski definition) is 5. The molecular formula is C12H17N3O5. The molecule has 0 fully saturated rings. The molecule has 0 radical (unpaired) electrons. The van der Waals surface area contributed by atoms with Gasteiger partial charge in [0.2, 0.25) is 5.91 Å². The van der Waals surface area contributed by atoms with Crippen LogP contribution in [0.5, 0.6) is 0 Å². The topological polar surface area (TPSA) is 136 Å². The lowest BCUT2D eigenvalue weighted by molar-refractivity contribution is -0.139. The van der Waals surface area contributed by atoms with Gasteiger partial charge in [-0.3, -0.25) is 9.59 Å². The van der Waals surface area contributed by atoms with Crippen LogP contribution in [0.25, 0.3) is 0 Å². The number of carbonyl (C=O) groups is 3.